The summed E-state index contributed by atoms with van der Waals surface area (Å²) in [4.78, 5) is 11.7. The van der Waals surface area contributed by atoms with Gasteiger partial charge >= 0.3 is 0 Å². The van der Waals surface area contributed by atoms with Crippen molar-refractivity contribution in [3.05, 3.63) is 53.3 Å². The first kappa shape index (κ1) is 12.8. The first-order chi connectivity index (χ1) is 10.6. The van der Waals surface area contributed by atoms with E-state index in [1.165, 1.54) is 0 Å². The van der Waals surface area contributed by atoms with Crippen LogP contribution >= 0.6 is 11.6 Å². The van der Waals surface area contributed by atoms with Gasteiger partial charge in [0.1, 0.15) is 5.69 Å². The van der Waals surface area contributed by atoms with E-state index >= 15 is 0 Å². The molecule has 108 valence electrons. The van der Waals surface area contributed by atoms with Gasteiger partial charge in [0.05, 0.1) is 22.9 Å². The second-order valence-electron chi connectivity index (χ2n) is 4.90. The second kappa shape index (κ2) is 4.57. The van der Waals surface area contributed by atoms with Crippen molar-refractivity contribution in [3.63, 3.8) is 0 Å². The van der Waals surface area contributed by atoms with Gasteiger partial charge in [-0.25, -0.2) is 0 Å². The number of amides is 1. The summed E-state index contributed by atoms with van der Waals surface area (Å²) in [6.45, 7) is 0. The summed E-state index contributed by atoms with van der Waals surface area (Å²) >= 11 is 5.94. The number of primary amides is 1. The number of nitrogens with zero attached hydrogens (tertiary/aromatic N) is 3. The smallest absolute Gasteiger partial charge is 0.267 e. The third-order valence-electron chi connectivity index (χ3n) is 3.59. The van der Waals surface area contributed by atoms with Gasteiger partial charge < -0.3 is 5.73 Å². The molecule has 1 amide bonds. The van der Waals surface area contributed by atoms with Crippen LogP contribution in [-0.4, -0.2) is 25.9 Å². The predicted molar refractivity (Wildman–Crippen MR) is 84.2 cm³/mol. The van der Waals surface area contributed by atoms with Crippen molar-refractivity contribution in [2.24, 2.45) is 5.73 Å². The number of carbonyl (C=O) groups is 1. The van der Waals surface area contributed by atoms with Gasteiger partial charge in [-0.15, -0.1) is 0 Å². The van der Waals surface area contributed by atoms with E-state index in [4.69, 9.17) is 17.3 Å². The topological polar surface area (TPSA) is 89.6 Å². The van der Waals surface area contributed by atoms with Crippen LogP contribution in [0.1, 0.15) is 10.5 Å². The monoisotopic (exact) mass is 311 g/mol. The lowest BCUT2D eigenvalue weighted by atomic mass is 10.1. The largest absolute Gasteiger partial charge is 0.364 e. The fourth-order valence-corrected chi connectivity index (χ4v) is 2.73. The van der Waals surface area contributed by atoms with Gasteiger partial charge in [-0.3, -0.25) is 14.6 Å². The second-order valence-corrected chi connectivity index (χ2v) is 5.34. The molecule has 2 aromatic carbocycles. The quantitative estimate of drug-likeness (QED) is 0.596. The molecule has 0 aliphatic heterocycles. The average Bonchev–Trinajstić information content (AvgIpc) is 3.11. The number of hydrogen-bond donors (Lipinski definition) is 2. The minimum Gasteiger partial charge on any atom is -0.364 e. The standard InChI is InChI=1S/C15H10ClN5O/c16-8-1-3-9(4-2-8)21-14-10(13(20-21)15(17)22)5-6-12-11(14)7-18-19-12/h1-7,20H,(H2,17,22). The molecule has 0 bridgehead atoms. The normalized spacial score (nSPS) is 11.3. The SMILES string of the molecule is NC(=O)c1[nH]n(-c2ccc(Cl)cc2)c2c1ccc1nncc12. The van der Waals surface area contributed by atoms with Crippen LogP contribution in [-0.2, 0) is 0 Å². The van der Waals surface area contributed by atoms with Crippen LogP contribution < -0.4 is 5.73 Å². The molecule has 0 radical (unpaired) electrons. The molecule has 0 atom stereocenters. The summed E-state index contributed by atoms with van der Waals surface area (Å²) in [6.07, 6.45) is 1.67. The molecular weight excluding hydrogens is 302 g/mol. The van der Waals surface area contributed by atoms with Crippen molar-refractivity contribution in [3.8, 4) is 5.69 Å². The van der Waals surface area contributed by atoms with E-state index in [9.17, 15) is 4.79 Å². The van der Waals surface area contributed by atoms with Crippen LogP contribution in [0.25, 0.3) is 27.5 Å². The first-order valence-electron chi connectivity index (χ1n) is 6.56. The summed E-state index contributed by atoms with van der Waals surface area (Å²) in [6, 6.07) is 10.9. The molecule has 3 N–H and O–H groups in total. The Hall–Kier alpha value is -2.86. The lowest BCUT2D eigenvalue weighted by molar-refractivity contribution is 0.0996. The maximum Gasteiger partial charge on any atom is 0.267 e. The van der Waals surface area contributed by atoms with Gasteiger partial charge in [-0.2, -0.15) is 10.2 Å². The Bertz CT molecular complexity index is 1020. The van der Waals surface area contributed by atoms with Gasteiger partial charge in [-0.1, -0.05) is 11.6 Å². The van der Waals surface area contributed by atoms with E-state index in [1.54, 1.807) is 23.0 Å². The number of benzene rings is 2. The van der Waals surface area contributed by atoms with Crippen LogP contribution in [0, 0.1) is 0 Å². The highest BCUT2D eigenvalue weighted by Crippen LogP contribution is 2.29. The number of nitrogens with one attached hydrogen (secondary N) is 1. The Balaban J connectivity index is 2.14. The fraction of sp³-hybridized carbons (Fsp3) is 0. The Kier molecular flexibility index (Phi) is 2.67. The van der Waals surface area contributed by atoms with Gasteiger partial charge in [0.2, 0.25) is 0 Å². The molecule has 6 nitrogen and oxygen atoms in total. The van der Waals surface area contributed by atoms with Crippen molar-refractivity contribution < 1.29 is 4.79 Å². The molecule has 4 rings (SSSR count). The number of halogens is 1. The van der Waals surface area contributed by atoms with E-state index in [1.807, 2.05) is 24.3 Å². The third kappa shape index (κ3) is 1.78. The Morgan fingerprint density at radius 1 is 1.14 bits per heavy atom. The molecule has 0 spiro atoms. The molecule has 2 aromatic heterocycles. The summed E-state index contributed by atoms with van der Waals surface area (Å²) in [5.74, 6) is -0.524. The zero-order valence-electron chi connectivity index (χ0n) is 11.2. The summed E-state index contributed by atoms with van der Waals surface area (Å²) in [7, 11) is 0. The highest BCUT2D eigenvalue weighted by molar-refractivity contribution is 6.30. The molecular formula is C15H10ClN5O. The minimum absolute atomic E-state index is 0.341. The minimum atomic E-state index is -0.524. The summed E-state index contributed by atoms with van der Waals surface area (Å²) in [5.41, 5.74) is 8.21. The number of H-pyrrole nitrogens is 1. The number of rotatable bonds is 2. The van der Waals surface area contributed by atoms with Crippen molar-refractivity contribution in [2.75, 3.05) is 0 Å². The zero-order valence-corrected chi connectivity index (χ0v) is 12.0. The maximum absolute atomic E-state index is 11.7. The molecule has 2 heterocycles. The number of nitrogens with two attached hydrogens (primary N) is 1. The highest BCUT2D eigenvalue weighted by Gasteiger charge is 2.17. The number of hydrogen-bond acceptors (Lipinski definition) is 3. The van der Waals surface area contributed by atoms with E-state index in [0.717, 1.165) is 27.5 Å². The number of fused-ring (bicyclic) bond motifs is 3. The van der Waals surface area contributed by atoms with Gasteiger partial charge in [0.25, 0.3) is 5.91 Å². The van der Waals surface area contributed by atoms with Crippen LogP contribution in [0.2, 0.25) is 5.02 Å². The summed E-state index contributed by atoms with van der Waals surface area (Å²) < 4.78 is 1.79. The zero-order chi connectivity index (χ0) is 15.3. The van der Waals surface area contributed by atoms with Crippen molar-refractivity contribution in [2.45, 2.75) is 0 Å². The van der Waals surface area contributed by atoms with Gasteiger partial charge in [0, 0.05) is 15.8 Å². The van der Waals surface area contributed by atoms with Gasteiger partial charge in [-0.05, 0) is 36.4 Å². The van der Waals surface area contributed by atoms with Crippen LogP contribution in [0.15, 0.2) is 42.6 Å². The summed E-state index contributed by atoms with van der Waals surface area (Å²) in [5, 5.41) is 13.3. The van der Waals surface area contributed by atoms with Crippen LogP contribution in [0.5, 0.6) is 0 Å². The fourth-order valence-electron chi connectivity index (χ4n) is 2.60. The lowest BCUT2D eigenvalue weighted by Gasteiger charge is -2.05. The van der Waals surface area contributed by atoms with Crippen molar-refractivity contribution in [1.82, 2.24) is 20.0 Å². The number of aromatic amines is 1. The number of aromatic nitrogens is 4. The van der Waals surface area contributed by atoms with E-state index in [0.29, 0.717) is 10.7 Å². The Morgan fingerprint density at radius 3 is 2.64 bits per heavy atom. The van der Waals surface area contributed by atoms with Crippen LogP contribution in [0.3, 0.4) is 0 Å². The molecule has 7 heteroatoms. The van der Waals surface area contributed by atoms with E-state index < -0.39 is 5.91 Å². The molecule has 0 saturated carbocycles. The van der Waals surface area contributed by atoms with Crippen molar-refractivity contribution in [1.29, 1.82) is 0 Å². The maximum atomic E-state index is 11.7. The molecule has 0 fully saturated rings. The van der Waals surface area contributed by atoms with Crippen LogP contribution in [0.4, 0.5) is 0 Å². The van der Waals surface area contributed by atoms with E-state index in [2.05, 4.69) is 15.3 Å². The molecule has 0 unspecified atom stereocenters. The molecule has 0 saturated heterocycles. The predicted octanol–water partition coefficient (Wildman–Crippen LogP) is 2.65. The molecule has 22 heavy (non-hydrogen) atoms. The average molecular weight is 312 g/mol. The van der Waals surface area contributed by atoms with Crippen molar-refractivity contribution >= 4 is 39.3 Å². The third-order valence-corrected chi connectivity index (χ3v) is 3.85. The number of carbonyl (C=O) groups excluding carboxylic acids is 1. The van der Waals surface area contributed by atoms with E-state index in [-0.39, 0.29) is 0 Å². The first-order valence-corrected chi connectivity index (χ1v) is 6.93. The molecule has 0 aliphatic carbocycles. The van der Waals surface area contributed by atoms with Gasteiger partial charge in [0.15, 0.2) is 0 Å². The molecule has 0 aliphatic rings. The lowest BCUT2D eigenvalue weighted by Crippen LogP contribution is -2.12. The highest BCUT2D eigenvalue weighted by atomic mass is 35.5. The molecule has 4 aromatic rings. The Morgan fingerprint density at radius 2 is 1.91 bits per heavy atom. The Labute approximate surface area is 129 Å².